The third kappa shape index (κ3) is 2.54. The predicted octanol–water partition coefficient (Wildman–Crippen LogP) is 3.00. The van der Waals surface area contributed by atoms with E-state index in [2.05, 4.69) is 13.8 Å². The molecule has 0 amide bonds. The van der Waals surface area contributed by atoms with Gasteiger partial charge in [-0.15, -0.1) is 0 Å². The van der Waals surface area contributed by atoms with Crippen molar-refractivity contribution in [3.05, 3.63) is 29.3 Å². The van der Waals surface area contributed by atoms with Crippen LogP contribution >= 0.6 is 0 Å². The normalized spacial score (nSPS) is 10.3. The van der Waals surface area contributed by atoms with Crippen molar-refractivity contribution in [1.82, 2.24) is 0 Å². The van der Waals surface area contributed by atoms with E-state index in [0.717, 1.165) is 5.56 Å². The third-order valence-corrected chi connectivity index (χ3v) is 2.37. The van der Waals surface area contributed by atoms with Gasteiger partial charge < -0.3 is 9.47 Å². The Kier molecular flexibility index (Phi) is 4.35. The topological polar surface area (TPSA) is 35.5 Å². The van der Waals surface area contributed by atoms with Crippen LogP contribution in [0.25, 0.3) is 0 Å². The highest BCUT2D eigenvalue weighted by atomic mass is 16.5. The third-order valence-electron chi connectivity index (χ3n) is 2.37. The van der Waals surface area contributed by atoms with Gasteiger partial charge in [-0.2, -0.15) is 0 Å². The number of para-hydroxylation sites is 1. The Hall–Kier alpha value is -1.51. The Bertz CT molecular complexity index is 369. The average molecular weight is 222 g/mol. The Labute approximate surface area is 96.4 Å². The molecule has 0 spiro atoms. The summed E-state index contributed by atoms with van der Waals surface area (Å²) < 4.78 is 10.3. The van der Waals surface area contributed by atoms with Gasteiger partial charge in [0, 0.05) is 0 Å². The first-order valence-electron chi connectivity index (χ1n) is 5.45. The first-order chi connectivity index (χ1) is 7.61. The molecular formula is C13H18O3. The van der Waals surface area contributed by atoms with Gasteiger partial charge in [-0.1, -0.05) is 26.0 Å². The summed E-state index contributed by atoms with van der Waals surface area (Å²) in [5.41, 5.74) is 1.52. The van der Waals surface area contributed by atoms with E-state index in [1.807, 2.05) is 12.1 Å². The Balaban J connectivity index is 3.18. The average Bonchev–Trinajstić information content (AvgIpc) is 2.28. The lowest BCUT2D eigenvalue weighted by molar-refractivity contribution is 0.0522. The van der Waals surface area contributed by atoms with Gasteiger partial charge in [0.2, 0.25) is 0 Å². The zero-order valence-electron chi connectivity index (χ0n) is 10.2. The monoisotopic (exact) mass is 222 g/mol. The van der Waals surface area contributed by atoms with Crippen molar-refractivity contribution >= 4 is 5.97 Å². The van der Waals surface area contributed by atoms with Crippen LogP contribution in [0.5, 0.6) is 5.75 Å². The maximum absolute atomic E-state index is 11.7. The number of carbonyl (C=O) groups is 1. The van der Waals surface area contributed by atoms with Crippen LogP contribution < -0.4 is 4.74 Å². The zero-order valence-corrected chi connectivity index (χ0v) is 10.2. The summed E-state index contributed by atoms with van der Waals surface area (Å²) in [5, 5.41) is 0. The number of methoxy groups -OCH3 is 1. The lowest BCUT2D eigenvalue weighted by atomic mass is 9.99. The Morgan fingerprint density at radius 3 is 2.56 bits per heavy atom. The van der Waals surface area contributed by atoms with Crippen molar-refractivity contribution in [3.63, 3.8) is 0 Å². The molecule has 0 unspecified atom stereocenters. The molecule has 3 heteroatoms. The van der Waals surface area contributed by atoms with E-state index in [-0.39, 0.29) is 5.97 Å². The summed E-state index contributed by atoms with van der Waals surface area (Å²) in [7, 11) is 1.57. The van der Waals surface area contributed by atoms with Gasteiger partial charge in [0.15, 0.2) is 0 Å². The van der Waals surface area contributed by atoms with Crippen LogP contribution in [0.3, 0.4) is 0 Å². The van der Waals surface area contributed by atoms with Crippen LogP contribution in [0.2, 0.25) is 0 Å². The molecule has 0 N–H and O–H groups in total. The van der Waals surface area contributed by atoms with E-state index >= 15 is 0 Å². The van der Waals surface area contributed by atoms with Crippen LogP contribution in [0, 0.1) is 0 Å². The standard InChI is InChI=1S/C13H18O3/c1-5-16-13(14)11-8-6-7-10(9(2)3)12(11)15-4/h6-9H,5H2,1-4H3. The van der Waals surface area contributed by atoms with Crippen molar-refractivity contribution in [2.75, 3.05) is 13.7 Å². The van der Waals surface area contributed by atoms with Gasteiger partial charge in [-0.3, -0.25) is 0 Å². The smallest absolute Gasteiger partial charge is 0.341 e. The van der Waals surface area contributed by atoms with Gasteiger partial charge in [-0.05, 0) is 24.5 Å². The number of ether oxygens (including phenoxy) is 2. The van der Waals surface area contributed by atoms with Crippen molar-refractivity contribution in [2.24, 2.45) is 0 Å². The molecule has 1 rings (SSSR count). The SMILES string of the molecule is CCOC(=O)c1cccc(C(C)C)c1OC. The first kappa shape index (κ1) is 12.6. The summed E-state index contributed by atoms with van der Waals surface area (Å²) in [4.78, 5) is 11.7. The fourth-order valence-corrected chi connectivity index (χ4v) is 1.61. The largest absolute Gasteiger partial charge is 0.496 e. The molecule has 0 saturated heterocycles. The fraction of sp³-hybridized carbons (Fsp3) is 0.462. The van der Waals surface area contributed by atoms with E-state index in [1.54, 1.807) is 20.1 Å². The van der Waals surface area contributed by atoms with Crippen LogP contribution in [0.1, 0.15) is 42.6 Å². The molecule has 0 saturated carbocycles. The molecule has 88 valence electrons. The van der Waals surface area contributed by atoms with Crippen LogP contribution in [-0.2, 0) is 4.74 Å². The Morgan fingerprint density at radius 2 is 2.06 bits per heavy atom. The van der Waals surface area contributed by atoms with Gasteiger partial charge in [0.25, 0.3) is 0 Å². The molecule has 0 aliphatic carbocycles. The summed E-state index contributed by atoms with van der Waals surface area (Å²) in [6, 6.07) is 5.54. The van der Waals surface area contributed by atoms with Crippen LogP contribution in [0.4, 0.5) is 0 Å². The van der Waals surface area contributed by atoms with E-state index < -0.39 is 0 Å². The molecule has 0 bridgehead atoms. The highest BCUT2D eigenvalue weighted by Gasteiger charge is 2.17. The van der Waals surface area contributed by atoms with Gasteiger partial charge in [0.1, 0.15) is 11.3 Å². The van der Waals surface area contributed by atoms with E-state index in [9.17, 15) is 4.79 Å². The van der Waals surface area contributed by atoms with Gasteiger partial charge >= 0.3 is 5.97 Å². The molecule has 0 radical (unpaired) electrons. The van der Waals surface area contributed by atoms with E-state index in [0.29, 0.717) is 23.8 Å². The van der Waals surface area contributed by atoms with E-state index in [1.165, 1.54) is 0 Å². The lowest BCUT2D eigenvalue weighted by Crippen LogP contribution is -2.08. The molecule has 0 aliphatic heterocycles. The Morgan fingerprint density at radius 1 is 1.38 bits per heavy atom. The summed E-state index contributed by atoms with van der Waals surface area (Å²) in [6.07, 6.45) is 0. The molecular weight excluding hydrogens is 204 g/mol. The molecule has 0 fully saturated rings. The molecule has 1 aromatic carbocycles. The maximum atomic E-state index is 11.7. The second-order valence-corrected chi connectivity index (χ2v) is 3.80. The first-order valence-corrected chi connectivity index (χ1v) is 5.45. The number of hydrogen-bond acceptors (Lipinski definition) is 3. The summed E-state index contributed by atoms with van der Waals surface area (Å²) >= 11 is 0. The van der Waals surface area contributed by atoms with Gasteiger partial charge in [0.05, 0.1) is 13.7 Å². The molecule has 3 nitrogen and oxygen atoms in total. The number of carbonyl (C=O) groups excluding carboxylic acids is 1. The zero-order chi connectivity index (χ0) is 12.1. The molecule has 0 aliphatic rings. The number of esters is 1. The molecule has 0 atom stereocenters. The van der Waals surface area contributed by atoms with Crippen LogP contribution in [-0.4, -0.2) is 19.7 Å². The summed E-state index contributed by atoms with van der Waals surface area (Å²) in [6.45, 7) is 6.28. The van der Waals surface area contributed by atoms with Crippen LogP contribution in [0.15, 0.2) is 18.2 Å². The molecule has 0 aromatic heterocycles. The second kappa shape index (κ2) is 5.54. The minimum atomic E-state index is -0.332. The highest BCUT2D eigenvalue weighted by Crippen LogP contribution is 2.30. The van der Waals surface area contributed by atoms with Crippen molar-refractivity contribution in [3.8, 4) is 5.75 Å². The second-order valence-electron chi connectivity index (χ2n) is 3.80. The molecule has 1 aromatic rings. The maximum Gasteiger partial charge on any atom is 0.341 e. The van der Waals surface area contributed by atoms with Gasteiger partial charge in [-0.25, -0.2) is 4.79 Å². The fourth-order valence-electron chi connectivity index (χ4n) is 1.61. The van der Waals surface area contributed by atoms with Crippen molar-refractivity contribution in [2.45, 2.75) is 26.7 Å². The molecule has 0 heterocycles. The van der Waals surface area contributed by atoms with Crippen molar-refractivity contribution < 1.29 is 14.3 Å². The minimum absolute atomic E-state index is 0.310. The highest BCUT2D eigenvalue weighted by molar-refractivity contribution is 5.93. The minimum Gasteiger partial charge on any atom is -0.496 e. The molecule has 16 heavy (non-hydrogen) atoms. The number of rotatable bonds is 4. The number of hydrogen-bond donors (Lipinski definition) is 0. The quantitative estimate of drug-likeness (QED) is 0.735. The number of benzene rings is 1. The predicted molar refractivity (Wildman–Crippen MR) is 63.0 cm³/mol. The lowest BCUT2D eigenvalue weighted by Gasteiger charge is -2.14. The van der Waals surface area contributed by atoms with E-state index in [4.69, 9.17) is 9.47 Å². The van der Waals surface area contributed by atoms with Crippen molar-refractivity contribution in [1.29, 1.82) is 0 Å². The summed E-state index contributed by atoms with van der Waals surface area (Å²) in [5.74, 6) is 0.599.